The number of benzene rings is 1. The molecule has 26 heavy (non-hydrogen) atoms. The zero-order valence-electron chi connectivity index (χ0n) is 15.5. The molecule has 5 nitrogen and oxygen atoms in total. The number of carbonyl (C=O) groups is 1. The summed E-state index contributed by atoms with van der Waals surface area (Å²) in [5.74, 6) is 1.00. The van der Waals surface area contributed by atoms with Crippen LogP contribution in [0.5, 0.6) is 0 Å². The third-order valence-corrected chi connectivity index (χ3v) is 5.46. The smallest absolute Gasteiger partial charge is 0.294 e. The lowest BCUT2D eigenvalue weighted by atomic mass is 9.75. The third kappa shape index (κ3) is 2.62. The van der Waals surface area contributed by atoms with Crippen LogP contribution < -0.4 is 4.90 Å². The van der Waals surface area contributed by atoms with Crippen LogP contribution >= 0.6 is 0 Å². The van der Waals surface area contributed by atoms with Crippen molar-refractivity contribution in [1.82, 2.24) is 0 Å². The summed E-state index contributed by atoms with van der Waals surface area (Å²) < 4.78 is 6.05. The Morgan fingerprint density at radius 2 is 2.04 bits per heavy atom. The Kier molecular flexibility index (Phi) is 3.90. The van der Waals surface area contributed by atoms with Gasteiger partial charge in [-0.15, -0.1) is 0 Å². The second kappa shape index (κ2) is 6.01. The SMILES string of the molecule is Cc1c(C(=O)N2CCCc3ccccc32)oc2c1/C(=N\O)CC(C)(C)C2. The number of furan rings is 1. The lowest BCUT2D eigenvalue weighted by Gasteiger charge is -2.29. The van der Waals surface area contributed by atoms with Gasteiger partial charge in [-0.3, -0.25) is 4.79 Å². The second-order valence-electron chi connectivity index (χ2n) is 8.11. The van der Waals surface area contributed by atoms with Gasteiger partial charge in [-0.2, -0.15) is 0 Å². The van der Waals surface area contributed by atoms with Gasteiger partial charge >= 0.3 is 0 Å². The van der Waals surface area contributed by atoms with Crippen LogP contribution in [0.15, 0.2) is 33.8 Å². The number of hydrogen-bond acceptors (Lipinski definition) is 4. The Bertz CT molecular complexity index is 908. The number of anilines is 1. The van der Waals surface area contributed by atoms with Gasteiger partial charge in [-0.1, -0.05) is 37.2 Å². The van der Waals surface area contributed by atoms with Crippen LogP contribution in [0, 0.1) is 12.3 Å². The zero-order valence-corrected chi connectivity index (χ0v) is 15.5. The molecule has 0 saturated heterocycles. The minimum atomic E-state index is -0.112. The summed E-state index contributed by atoms with van der Waals surface area (Å²) in [5.41, 5.74) is 4.29. The molecule has 0 unspecified atom stereocenters. The lowest BCUT2D eigenvalue weighted by Crippen LogP contribution is -2.35. The van der Waals surface area contributed by atoms with E-state index < -0.39 is 0 Å². The average Bonchev–Trinajstić information content (AvgIpc) is 2.95. The first-order chi connectivity index (χ1) is 12.4. The number of nitrogens with zero attached hydrogens (tertiary/aromatic N) is 2. The Morgan fingerprint density at radius 1 is 1.27 bits per heavy atom. The van der Waals surface area contributed by atoms with E-state index in [0.717, 1.165) is 41.8 Å². The molecule has 1 aromatic heterocycles. The molecule has 1 N–H and O–H groups in total. The number of amides is 1. The molecule has 0 radical (unpaired) electrons. The highest BCUT2D eigenvalue weighted by Gasteiger charge is 2.37. The van der Waals surface area contributed by atoms with Crippen LogP contribution in [0.4, 0.5) is 5.69 Å². The quantitative estimate of drug-likeness (QED) is 0.613. The molecule has 0 fully saturated rings. The molecule has 1 aromatic carbocycles. The average molecular weight is 352 g/mol. The Morgan fingerprint density at radius 3 is 2.81 bits per heavy atom. The predicted molar refractivity (Wildman–Crippen MR) is 100 cm³/mol. The first kappa shape index (κ1) is 16.9. The van der Waals surface area contributed by atoms with E-state index in [0.29, 0.717) is 24.4 Å². The molecule has 1 amide bonds. The molecule has 2 aliphatic rings. The van der Waals surface area contributed by atoms with E-state index in [4.69, 9.17) is 4.42 Å². The molecule has 5 heteroatoms. The van der Waals surface area contributed by atoms with Crippen LogP contribution in [0.25, 0.3) is 0 Å². The summed E-state index contributed by atoms with van der Waals surface area (Å²) in [4.78, 5) is 15.1. The Hall–Kier alpha value is -2.56. The van der Waals surface area contributed by atoms with Gasteiger partial charge in [0, 0.05) is 29.8 Å². The second-order valence-corrected chi connectivity index (χ2v) is 8.11. The number of oxime groups is 1. The van der Waals surface area contributed by atoms with Crippen LogP contribution in [-0.2, 0) is 12.8 Å². The van der Waals surface area contributed by atoms with E-state index in [-0.39, 0.29) is 11.3 Å². The van der Waals surface area contributed by atoms with Crippen molar-refractivity contribution in [2.75, 3.05) is 11.4 Å². The van der Waals surface area contributed by atoms with E-state index in [2.05, 4.69) is 25.1 Å². The molecule has 0 bridgehead atoms. The standard InChI is InChI=1S/C21H24N2O3/c1-13-18-15(22-25)11-21(2,3)12-17(18)26-19(13)20(24)23-10-6-8-14-7-4-5-9-16(14)23/h4-5,7,9,25H,6,8,10-12H2,1-3H3/b22-15-. The van der Waals surface area contributed by atoms with E-state index in [1.165, 1.54) is 5.56 Å². The van der Waals surface area contributed by atoms with Crippen LogP contribution in [-0.4, -0.2) is 23.4 Å². The third-order valence-electron chi connectivity index (χ3n) is 5.46. The fraction of sp³-hybridized carbons (Fsp3) is 0.429. The number of aryl methyl sites for hydroxylation is 1. The number of para-hydroxylation sites is 1. The summed E-state index contributed by atoms with van der Waals surface area (Å²) in [6.07, 6.45) is 3.32. The minimum absolute atomic E-state index is 0.0586. The topological polar surface area (TPSA) is 66.0 Å². The molecule has 1 aliphatic carbocycles. The molecule has 0 saturated carbocycles. The van der Waals surface area contributed by atoms with Crippen LogP contribution in [0.3, 0.4) is 0 Å². The highest BCUT2D eigenvalue weighted by Crippen LogP contribution is 2.39. The van der Waals surface area contributed by atoms with Crippen molar-refractivity contribution in [2.45, 2.75) is 46.5 Å². The fourth-order valence-corrected chi connectivity index (χ4v) is 4.27. The maximum absolute atomic E-state index is 13.3. The van der Waals surface area contributed by atoms with E-state index in [1.54, 1.807) is 0 Å². The Balaban J connectivity index is 1.77. The summed E-state index contributed by atoms with van der Waals surface area (Å²) in [7, 11) is 0. The van der Waals surface area contributed by atoms with Gasteiger partial charge in [0.15, 0.2) is 5.76 Å². The monoisotopic (exact) mass is 352 g/mol. The molecule has 0 spiro atoms. The lowest BCUT2D eigenvalue weighted by molar-refractivity contribution is 0.0954. The van der Waals surface area contributed by atoms with Crippen LogP contribution in [0.2, 0.25) is 0 Å². The number of rotatable bonds is 1. The first-order valence-electron chi connectivity index (χ1n) is 9.14. The zero-order chi connectivity index (χ0) is 18.5. The van der Waals surface area contributed by atoms with Crippen molar-refractivity contribution < 1.29 is 14.4 Å². The summed E-state index contributed by atoms with van der Waals surface area (Å²) in [5, 5.41) is 13.0. The fourth-order valence-electron chi connectivity index (χ4n) is 4.27. The van der Waals surface area contributed by atoms with Gasteiger partial charge < -0.3 is 14.5 Å². The van der Waals surface area contributed by atoms with E-state index in [9.17, 15) is 10.0 Å². The van der Waals surface area contributed by atoms with Gasteiger partial charge in [-0.25, -0.2) is 0 Å². The predicted octanol–water partition coefficient (Wildman–Crippen LogP) is 4.33. The number of hydrogen-bond donors (Lipinski definition) is 1. The minimum Gasteiger partial charge on any atom is -0.455 e. The molecule has 136 valence electrons. The summed E-state index contributed by atoms with van der Waals surface area (Å²) in [6, 6.07) is 8.04. The molecular weight excluding hydrogens is 328 g/mol. The van der Waals surface area contributed by atoms with Crippen molar-refractivity contribution in [3.63, 3.8) is 0 Å². The Labute approximate surface area is 153 Å². The van der Waals surface area contributed by atoms with Gasteiger partial charge in [0.2, 0.25) is 0 Å². The van der Waals surface area contributed by atoms with Crippen molar-refractivity contribution in [3.05, 3.63) is 52.5 Å². The molecule has 4 rings (SSSR count). The van der Waals surface area contributed by atoms with Gasteiger partial charge in [-0.05, 0) is 43.2 Å². The van der Waals surface area contributed by atoms with Gasteiger partial charge in [0.1, 0.15) is 5.76 Å². The van der Waals surface area contributed by atoms with Crippen molar-refractivity contribution >= 4 is 17.3 Å². The van der Waals surface area contributed by atoms with Gasteiger partial charge in [0.25, 0.3) is 5.91 Å². The summed E-state index contributed by atoms with van der Waals surface area (Å²) in [6.45, 7) is 6.80. The van der Waals surface area contributed by atoms with E-state index in [1.807, 2.05) is 30.0 Å². The largest absolute Gasteiger partial charge is 0.455 e. The van der Waals surface area contributed by atoms with E-state index >= 15 is 0 Å². The molecule has 1 aliphatic heterocycles. The molecular formula is C21H24N2O3. The number of fused-ring (bicyclic) bond motifs is 2. The molecule has 2 heterocycles. The van der Waals surface area contributed by atoms with Gasteiger partial charge in [0.05, 0.1) is 5.71 Å². The highest BCUT2D eigenvalue weighted by molar-refractivity contribution is 6.10. The maximum Gasteiger partial charge on any atom is 0.294 e. The number of carbonyl (C=O) groups excluding carboxylic acids is 1. The van der Waals surface area contributed by atoms with Crippen molar-refractivity contribution in [2.24, 2.45) is 10.6 Å². The van der Waals surface area contributed by atoms with Crippen molar-refractivity contribution in [1.29, 1.82) is 0 Å². The first-order valence-corrected chi connectivity index (χ1v) is 9.14. The molecule has 2 aromatic rings. The summed E-state index contributed by atoms with van der Waals surface area (Å²) >= 11 is 0. The van der Waals surface area contributed by atoms with Crippen LogP contribution in [0.1, 0.15) is 59.7 Å². The normalized spacial score (nSPS) is 20.0. The van der Waals surface area contributed by atoms with Crippen molar-refractivity contribution in [3.8, 4) is 0 Å². The molecule has 0 atom stereocenters. The maximum atomic E-state index is 13.3. The highest BCUT2D eigenvalue weighted by atomic mass is 16.4.